The standard InChI is InChI=1S/C17H24/c1-13-7-5-10-15-11-6-12-16(17(13)15)14-8-3-2-4-9-14/h3,7-8,14-15H,2,4-6,9-12H2,1H3. The number of hydrogen-bond acceptors (Lipinski definition) is 0. The molecule has 0 heteroatoms. The minimum absolute atomic E-state index is 0.781. The zero-order valence-electron chi connectivity index (χ0n) is 11.0. The van der Waals surface area contributed by atoms with Gasteiger partial charge in [-0.3, -0.25) is 0 Å². The monoisotopic (exact) mass is 228 g/mol. The lowest BCUT2D eigenvalue weighted by molar-refractivity contribution is 0.437. The van der Waals surface area contributed by atoms with E-state index in [1.54, 1.807) is 11.1 Å². The van der Waals surface area contributed by atoms with Crippen LogP contribution in [-0.2, 0) is 0 Å². The van der Waals surface area contributed by atoms with Gasteiger partial charge in [-0.25, -0.2) is 0 Å². The van der Waals surface area contributed by atoms with Crippen LogP contribution in [0, 0.1) is 11.8 Å². The predicted molar refractivity (Wildman–Crippen MR) is 73.8 cm³/mol. The molecule has 3 aliphatic rings. The summed E-state index contributed by atoms with van der Waals surface area (Å²) in [5.74, 6) is 1.68. The summed E-state index contributed by atoms with van der Waals surface area (Å²) in [5.41, 5.74) is 5.19. The lowest BCUT2D eigenvalue weighted by atomic mass is 9.70. The van der Waals surface area contributed by atoms with Crippen molar-refractivity contribution in [1.29, 1.82) is 0 Å². The van der Waals surface area contributed by atoms with Crippen molar-refractivity contribution < 1.29 is 0 Å². The summed E-state index contributed by atoms with van der Waals surface area (Å²) in [6.45, 7) is 2.35. The summed E-state index contributed by atoms with van der Waals surface area (Å²) in [6, 6.07) is 0. The van der Waals surface area contributed by atoms with Gasteiger partial charge in [0.15, 0.2) is 0 Å². The molecule has 17 heavy (non-hydrogen) atoms. The lowest BCUT2D eigenvalue weighted by Crippen LogP contribution is -2.20. The molecule has 0 saturated carbocycles. The van der Waals surface area contributed by atoms with Crippen LogP contribution in [0.3, 0.4) is 0 Å². The molecule has 2 unspecified atom stereocenters. The van der Waals surface area contributed by atoms with Gasteiger partial charge in [-0.2, -0.15) is 0 Å². The second-order valence-electron chi connectivity index (χ2n) is 5.96. The number of fused-ring (bicyclic) bond motifs is 1. The molecule has 0 fully saturated rings. The first-order chi connectivity index (χ1) is 8.36. The molecule has 0 nitrogen and oxygen atoms in total. The summed E-state index contributed by atoms with van der Waals surface area (Å²) in [5, 5.41) is 0. The van der Waals surface area contributed by atoms with Crippen LogP contribution in [-0.4, -0.2) is 0 Å². The minimum atomic E-state index is 0.781. The maximum absolute atomic E-state index is 2.50. The van der Waals surface area contributed by atoms with Gasteiger partial charge in [0, 0.05) is 0 Å². The van der Waals surface area contributed by atoms with Crippen LogP contribution in [0.25, 0.3) is 0 Å². The number of hydrogen-bond donors (Lipinski definition) is 0. The second kappa shape index (κ2) is 4.84. The van der Waals surface area contributed by atoms with Crippen molar-refractivity contribution in [1.82, 2.24) is 0 Å². The largest absolute Gasteiger partial charge is 0.0879 e. The van der Waals surface area contributed by atoms with Crippen molar-refractivity contribution in [3.8, 4) is 0 Å². The average molecular weight is 228 g/mol. The summed E-state index contributed by atoms with van der Waals surface area (Å²) in [7, 11) is 0. The van der Waals surface area contributed by atoms with Crippen LogP contribution in [0.15, 0.2) is 34.9 Å². The highest BCUT2D eigenvalue weighted by Gasteiger charge is 2.29. The van der Waals surface area contributed by atoms with Gasteiger partial charge in [-0.15, -0.1) is 0 Å². The van der Waals surface area contributed by atoms with Gasteiger partial charge in [-0.05, 0) is 75.7 Å². The Balaban J connectivity index is 1.98. The van der Waals surface area contributed by atoms with E-state index in [0.717, 1.165) is 11.8 Å². The summed E-state index contributed by atoms with van der Waals surface area (Å²) >= 11 is 0. The highest BCUT2D eigenvalue weighted by molar-refractivity contribution is 5.41. The van der Waals surface area contributed by atoms with Crippen LogP contribution in [0.4, 0.5) is 0 Å². The van der Waals surface area contributed by atoms with Gasteiger partial charge in [-0.1, -0.05) is 29.4 Å². The molecule has 0 aromatic carbocycles. The van der Waals surface area contributed by atoms with E-state index in [1.165, 1.54) is 51.4 Å². The zero-order chi connectivity index (χ0) is 11.7. The molecule has 0 bridgehead atoms. The maximum Gasteiger partial charge on any atom is -0.00171 e. The van der Waals surface area contributed by atoms with E-state index < -0.39 is 0 Å². The summed E-state index contributed by atoms with van der Waals surface area (Å²) in [4.78, 5) is 0. The van der Waals surface area contributed by atoms with Gasteiger partial charge in [0.1, 0.15) is 0 Å². The molecule has 0 aromatic rings. The van der Waals surface area contributed by atoms with Gasteiger partial charge in [0.25, 0.3) is 0 Å². The third-order valence-corrected chi connectivity index (χ3v) is 4.85. The third-order valence-electron chi connectivity index (χ3n) is 4.85. The average Bonchev–Trinajstić information content (AvgIpc) is 2.39. The minimum Gasteiger partial charge on any atom is -0.0879 e. The molecule has 92 valence electrons. The molecule has 0 aliphatic heterocycles. The molecule has 0 N–H and O–H groups in total. The van der Waals surface area contributed by atoms with E-state index in [-0.39, 0.29) is 0 Å². The molecule has 0 amide bonds. The first-order valence-corrected chi connectivity index (χ1v) is 7.43. The first-order valence-electron chi connectivity index (χ1n) is 7.43. The lowest BCUT2D eigenvalue weighted by Gasteiger charge is -2.35. The topological polar surface area (TPSA) is 0 Å². The zero-order valence-corrected chi connectivity index (χ0v) is 11.0. The van der Waals surface area contributed by atoms with Crippen molar-refractivity contribution in [2.75, 3.05) is 0 Å². The molecule has 0 saturated heterocycles. The van der Waals surface area contributed by atoms with Crippen LogP contribution < -0.4 is 0 Å². The van der Waals surface area contributed by atoms with Crippen molar-refractivity contribution >= 4 is 0 Å². The van der Waals surface area contributed by atoms with E-state index in [9.17, 15) is 0 Å². The third kappa shape index (κ3) is 2.14. The fraction of sp³-hybridized carbons (Fsp3) is 0.647. The molecule has 0 spiro atoms. The second-order valence-corrected chi connectivity index (χ2v) is 5.96. The van der Waals surface area contributed by atoms with E-state index >= 15 is 0 Å². The molecule has 0 radical (unpaired) electrons. The molecule has 3 rings (SSSR count). The maximum atomic E-state index is 2.50. The van der Waals surface area contributed by atoms with E-state index in [2.05, 4.69) is 25.2 Å². The molecular formula is C17H24. The van der Waals surface area contributed by atoms with Crippen LogP contribution in [0.1, 0.15) is 58.3 Å². The van der Waals surface area contributed by atoms with Crippen LogP contribution in [0.2, 0.25) is 0 Å². The SMILES string of the molecule is CC1=CCCC2CCCC(C3C=CCCC3)=C12. The van der Waals surface area contributed by atoms with Gasteiger partial charge >= 0.3 is 0 Å². The first kappa shape index (κ1) is 11.3. The molecule has 0 heterocycles. The fourth-order valence-corrected chi connectivity index (χ4v) is 4.04. The Kier molecular flexibility index (Phi) is 3.22. The fourth-order valence-electron chi connectivity index (χ4n) is 4.04. The molecular weight excluding hydrogens is 204 g/mol. The Morgan fingerprint density at radius 1 is 1.06 bits per heavy atom. The van der Waals surface area contributed by atoms with Crippen LogP contribution >= 0.6 is 0 Å². The Bertz CT molecular complexity index is 381. The van der Waals surface area contributed by atoms with E-state index in [1.807, 2.05) is 5.57 Å². The summed E-state index contributed by atoms with van der Waals surface area (Å²) < 4.78 is 0. The number of allylic oxidation sites excluding steroid dienone is 6. The Morgan fingerprint density at radius 2 is 2.00 bits per heavy atom. The Labute approximate surface area is 105 Å². The quantitative estimate of drug-likeness (QED) is 0.542. The smallest absolute Gasteiger partial charge is 0.00171 e. The molecule has 2 atom stereocenters. The van der Waals surface area contributed by atoms with E-state index in [0.29, 0.717) is 0 Å². The normalized spacial score (nSPS) is 33.4. The molecule has 3 aliphatic carbocycles. The van der Waals surface area contributed by atoms with Gasteiger partial charge in [0.2, 0.25) is 0 Å². The van der Waals surface area contributed by atoms with Crippen LogP contribution in [0.5, 0.6) is 0 Å². The van der Waals surface area contributed by atoms with Crippen molar-refractivity contribution in [3.63, 3.8) is 0 Å². The van der Waals surface area contributed by atoms with Gasteiger partial charge < -0.3 is 0 Å². The van der Waals surface area contributed by atoms with Gasteiger partial charge in [0.05, 0.1) is 0 Å². The molecule has 0 aromatic heterocycles. The predicted octanol–water partition coefficient (Wildman–Crippen LogP) is 5.18. The highest BCUT2D eigenvalue weighted by Crippen LogP contribution is 2.44. The van der Waals surface area contributed by atoms with Crippen molar-refractivity contribution in [2.24, 2.45) is 11.8 Å². The van der Waals surface area contributed by atoms with E-state index in [4.69, 9.17) is 0 Å². The van der Waals surface area contributed by atoms with Crippen molar-refractivity contribution in [3.05, 3.63) is 34.9 Å². The van der Waals surface area contributed by atoms with Crippen molar-refractivity contribution in [2.45, 2.75) is 58.3 Å². The summed E-state index contributed by atoms with van der Waals surface area (Å²) in [6.07, 6.45) is 18.4. The number of rotatable bonds is 1. The highest BCUT2D eigenvalue weighted by atomic mass is 14.3. The Hall–Kier alpha value is -0.780. The Morgan fingerprint density at radius 3 is 2.82 bits per heavy atom.